The molecule has 1 aromatic rings. The molecule has 11 nitrogen and oxygen atoms in total. The SMILES string of the molecule is CN(C)C1C(=O)C(C([NH3+])=O)=C(O)C2(O)C(=O)C3=C(O)c4c(O)ccc(N=O)c4CC3CC12. The van der Waals surface area contributed by atoms with Gasteiger partial charge in [0.15, 0.2) is 22.7 Å². The van der Waals surface area contributed by atoms with Crippen molar-refractivity contribution in [3.8, 4) is 5.75 Å². The number of rotatable bonds is 3. The fourth-order valence-electron chi connectivity index (χ4n) is 5.34. The summed E-state index contributed by atoms with van der Waals surface area (Å²) in [6, 6.07) is 1.31. The molecule has 0 saturated heterocycles. The molecule has 0 heterocycles. The standard InChI is InChI=1S/C21H21N3O8/c1-24(2)15-9-6-7-5-8-10(23-32)3-4-11(25)13(8)16(26)12(7)18(28)21(9,31)19(29)14(17(15)27)20(22)30/h3-4,7,9,15,25-26,29,31H,5-6H2,1-2H3,(H2,22,30)/p+1. The maximum atomic E-state index is 13.6. The zero-order valence-electron chi connectivity index (χ0n) is 17.3. The van der Waals surface area contributed by atoms with Gasteiger partial charge in [0.05, 0.1) is 11.6 Å². The Labute approximate surface area is 181 Å². The number of phenols is 1. The van der Waals surface area contributed by atoms with Gasteiger partial charge < -0.3 is 20.4 Å². The van der Waals surface area contributed by atoms with Crippen LogP contribution in [0.25, 0.3) is 5.76 Å². The molecular formula is C21H22N3O8+. The molecule has 7 N–H and O–H groups in total. The number of Topliss-reactive ketones (excluding diaryl/α,β-unsaturated/α-hetero) is 2. The lowest BCUT2D eigenvalue weighted by molar-refractivity contribution is -0.299. The van der Waals surface area contributed by atoms with E-state index in [2.05, 4.69) is 10.9 Å². The molecule has 4 atom stereocenters. The molecule has 168 valence electrons. The number of hydrogen-bond donors (Lipinski definition) is 5. The molecule has 4 unspecified atom stereocenters. The summed E-state index contributed by atoms with van der Waals surface area (Å²) >= 11 is 0. The molecule has 4 rings (SSSR count). The van der Waals surface area contributed by atoms with Gasteiger partial charge in [0.25, 0.3) is 0 Å². The minimum atomic E-state index is -2.65. The predicted octanol–water partition coefficient (Wildman–Crippen LogP) is -0.355. The average Bonchev–Trinajstić information content (AvgIpc) is 2.70. The van der Waals surface area contributed by atoms with Crippen LogP contribution in [0.15, 0.2) is 34.2 Å². The predicted molar refractivity (Wildman–Crippen MR) is 108 cm³/mol. The number of aliphatic hydroxyl groups is 3. The van der Waals surface area contributed by atoms with E-state index >= 15 is 0 Å². The van der Waals surface area contributed by atoms with Crippen LogP contribution in [0.5, 0.6) is 5.75 Å². The van der Waals surface area contributed by atoms with E-state index in [1.54, 1.807) is 0 Å². The Kier molecular flexibility index (Phi) is 4.81. The lowest BCUT2D eigenvalue weighted by Crippen LogP contribution is -2.68. The van der Waals surface area contributed by atoms with Gasteiger partial charge in [-0.05, 0) is 55.7 Å². The van der Waals surface area contributed by atoms with Crippen molar-refractivity contribution in [3.63, 3.8) is 0 Å². The number of amides is 1. The second-order valence-electron chi connectivity index (χ2n) is 8.57. The summed E-state index contributed by atoms with van der Waals surface area (Å²) in [7, 11) is 3.07. The summed E-state index contributed by atoms with van der Waals surface area (Å²) < 4.78 is 0. The van der Waals surface area contributed by atoms with Gasteiger partial charge in [-0.25, -0.2) is 4.79 Å². The van der Waals surface area contributed by atoms with E-state index in [1.807, 2.05) is 0 Å². The van der Waals surface area contributed by atoms with Gasteiger partial charge in [-0.15, -0.1) is 4.91 Å². The minimum Gasteiger partial charge on any atom is -0.508 e. The molecule has 32 heavy (non-hydrogen) atoms. The minimum absolute atomic E-state index is 0.0201. The summed E-state index contributed by atoms with van der Waals surface area (Å²) in [5, 5.41) is 46.3. The number of quaternary nitrogens is 1. The third-order valence-corrected chi connectivity index (χ3v) is 6.71. The first-order chi connectivity index (χ1) is 15.0. The molecule has 1 fully saturated rings. The highest BCUT2D eigenvalue weighted by Gasteiger charge is 2.64. The fraction of sp³-hybridized carbons (Fsp3) is 0.381. The molecule has 0 aromatic heterocycles. The summed E-state index contributed by atoms with van der Waals surface area (Å²) in [5.41, 5.74) is -0.461. The molecule has 3 aliphatic rings. The maximum Gasteiger partial charge on any atom is 0.348 e. The number of ketones is 2. The number of nitrogens with zero attached hydrogens (tertiary/aromatic N) is 2. The van der Waals surface area contributed by atoms with Crippen LogP contribution in [0.4, 0.5) is 5.69 Å². The number of likely N-dealkylation sites (N-methyl/N-ethyl adjacent to an activating group) is 1. The van der Waals surface area contributed by atoms with Crippen molar-refractivity contribution < 1.29 is 40.5 Å². The maximum absolute atomic E-state index is 13.6. The number of benzene rings is 1. The van der Waals surface area contributed by atoms with Crippen molar-refractivity contribution in [2.45, 2.75) is 24.5 Å². The Balaban J connectivity index is 2.00. The van der Waals surface area contributed by atoms with E-state index in [1.165, 1.54) is 25.1 Å². The van der Waals surface area contributed by atoms with E-state index in [-0.39, 0.29) is 35.2 Å². The lowest BCUT2D eigenvalue weighted by atomic mass is 9.57. The molecule has 3 aliphatic carbocycles. The lowest BCUT2D eigenvalue weighted by Gasteiger charge is -2.50. The summed E-state index contributed by atoms with van der Waals surface area (Å²) in [5.74, 6) is -6.91. The van der Waals surface area contributed by atoms with E-state index in [0.29, 0.717) is 0 Å². The number of phenolic OH excluding ortho intramolecular Hbond substituents is 1. The number of carbonyl (C=O) groups excluding carboxylic acids is 3. The largest absolute Gasteiger partial charge is 0.508 e. The molecular weight excluding hydrogens is 422 g/mol. The Hall–Kier alpha value is -3.41. The van der Waals surface area contributed by atoms with Gasteiger partial charge in [-0.1, -0.05) is 0 Å². The van der Waals surface area contributed by atoms with Crippen molar-refractivity contribution in [1.29, 1.82) is 0 Å². The monoisotopic (exact) mass is 444 g/mol. The van der Waals surface area contributed by atoms with Gasteiger partial charge in [-0.2, -0.15) is 0 Å². The van der Waals surface area contributed by atoms with Crippen LogP contribution in [0, 0.1) is 16.7 Å². The molecule has 0 spiro atoms. The van der Waals surface area contributed by atoms with Crippen molar-refractivity contribution in [1.82, 2.24) is 4.90 Å². The van der Waals surface area contributed by atoms with Crippen LogP contribution in [-0.4, -0.2) is 68.5 Å². The molecule has 0 radical (unpaired) electrons. The fourth-order valence-corrected chi connectivity index (χ4v) is 5.34. The molecule has 0 aliphatic heterocycles. The second kappa shape index (κ2) is 7.05. The number of nitroso groups, excluding NO2 is 1. The van der Waals surface area contributed by atoms with E-state index in [9.17, 15) is 39.7 Å². The van der Waals surface area contributed by atoms with Crippen LogP contribution in [0.1, 0.15) is 17.5 Å². The van der Waals surface area contributed by atoms with Gasteiger partial charge in [0.2, 0.25) is 5.78 Å². The molecule has 0 bridgehead atoms. The number of fused-ring (bicyclic) bond motifs is 3. The normalized spacial score (nSPS) is 29.6. The third kappa shape index (κ3) is 2.62. The first-order valence-electron chi connectivity index (χ1n) is 9.86. The van der Waals surface area contributed by atoms with Crippen LogP contribution < -0.4 is 5.73 Å². The third-order valence-electron chi connectivity index (χ3n) is 6.71. The highest BCUT2D eigenvalue weighted by Crippen LogP contribution is 2.53. The van der Waals surface area contributed by atoms with E-state index in [0.717, 1.165) is 6.07 Å². The van der Waals surface area contributed by atoms with Crippen LogP contribution >= 0.6 is 0 Å². The van der Waals surface area contributed by atoms with Gasteiger partial charge in [0.1, 0.15) is 17.2 Å². The van der Waals surface area contributed by atoms with Crippen molar-refractivity contribution in [2.75, 3.05) is 14.1 Å². The average molecular weight is 444 g/mol. The Bertz CT molecular complexity index is 1170. The van der Waals surface area contributed by atoms with Gasteiger partial charge in [0, 0.05) is 11.5 Å². The van der Waals surface area contributed by atoms with Crippen molar-refractivity contribution in [2.24, 2.45) is 17.0 Å². The second-order valence-corrected chi connectivity index (χ2v) is 8.57. The molecule has 1 saturated carbocycles. The number of aromatic hydroxyl groups is 1. The Morgan fingerprint density at radius 2 is 1.88 bits per heavy atom. The zero-order valence-corrected chi connectivity index (χ0v) is 17.3. The number of carbonyl (C=O) groups is 3. The zero-order chi connectivity index (χ0) is 23.7. The van der Waals surface area contributed by atoms with Crippen LogP contribution in [-0.2, 0) is 20.8 Å². The number of hydrogen-bond acceptors (Lipinski definition) is 10. The van der Waals surface area contributed by atoms with Crippen molar-refractivity contribution >= 4 is 28.9 Å². The van der Waals surface area contributed by atoms with Crippen molar-refractivity contribution in [3.05, 3.63) is 45.1 Å². The highest BCUT2D eigenvalue weighted by molar-refractivity contribution is 6.22. The topological polar surface area (TPSA) is 192 Å². The van der Waals surface area contributed by atoms with Crippen LogP contribution in [0.3, 0.4) is 0 Å². The highest BCUT2D eigenvalue weighted by atomic mass is 16.3. The first-order valence-corrected chi connectivity index (χ1v) is 9.86. The summed E-state index contributed by atoms with van der Waals surface area (Å²) in [6.45, 7) is 0. The van der Waals surface area contributed by atoms with Gasteiger partial charge in [-0.3, -0.25) is 20.2 Å². The van der Waals surface area contributed by atoms with E-state index in [4.69, 9.17) is 0 Å². The quantitative estimate of drug-likeness (QED) is 0.306. The summed E-state index contributed by atoms with van der Waals surface area (Å²) in [6.07, 6.45) is -0.00522. The molecule has 11 heteroatoms. The number of aliphatic hydroxyl groups excluding tert-OH is 2. The first kappa shape index (κ1) is 21.8. The molecule has 1 amide bonds. The Morgan fingerprint density at radius 1 is 1.22 bits per heavy atom. The van der Waals surface area contributed by atoms with Gasteiger partial charge >= 0.3 is 5.91 Å². The smallest absolute Gasteiger partial charge is 0.348 e. The Morgan fingerprint density at radius 3 is 2.44 bits per heavy atom. The van der Waals surface area contributed by atoms with Crippen LogP contribution in [0.2, 0.25) is 0 Å². The van der Waals surface area contributed by atoms with E-state index < -0.39 is 63.8 Å². The summed E-state index contributed by atoms with van der Waals surface area (Å²) in [4.78, 5) is 51.3. The molecule has 1 aromatic carbocycles.